The van der Waals surface area contributed by atoms with Crippen LogP contribution in [0.3, 0.4) is 0 Å². The van der Waals surface area contributed by atoms with Gasteiger partial charge in [0.25, 0.3) is 0 Å². The van der Waals surface area contributed by atoms with Gasteiger partial charge in [0, 0.05) is 0 Å². The predicted molar refractivity (Wildman–Crippen MR) is 74.5 cm³/mol. The van der Waals surface area contributed by atoms with Crippen molar-refractivity contribution in [2.75, 3.05) is 14.2 Å². The number of carbonyl (C=O) groups excluding carboxylic acids is 2. The third kappa shape index (κ3) is 4.73. The zero-order valence-electron chi connectivity index (χ0n) is 12.1. The van der Waals surface area contributed by atoms with Gasteiger partial charge in [0.05, 0.1) is 14.2 Å². The molecule has 0 amide bonds. The Bertz CT molecular complexity index is 371. The highest BCUT2D eigenvalue weighted by molar-refractivity contribution is 6.00. The van der Waals surface area contributed by atoms with E-state index < -0.39 is 17.4 Å². The molecule has 0 saturated carbocycles. The zero-order chi connectivity index (χ0) is 14.9. The molecule has 19 heavy (non-hydrogen) atoms. The maximum Gasteiger partial charge on any atom is 0.323 e. The predicted octanol–water partition coefficient (Wildman–Crippen LogP) is 2.81. The maximum absolute atomic E-state index is 12.0. The fourth-order valence-electron chi connectivity index (χ4n) is 1.63. The van der Waals surface area contributed by atoms with Crippen molar-refractivity contribution in [2.45, 2.75) is 26.7 Å². The molecule has 0 aromatic carbocycles. The SMILES string of the molecule is C=C/C=C/CC(CC=C(C)C)(C(=O)OC)C(=O)OC. The average Bonchev–Trinajstić information content (AvgIpc) is 2.40. The van der Waals surface area contributed by atoms with Crippen molar-refractivity contribution >= 4 is 11.9 Å². The lowest BCUT2D eigenvalue weighted by Gasteiger charge is -2.26. The van der Waals surface area contributed by atoms with Gasteiger partial charge >= 0.3 is 11.9 Å². The Kier molecular flexibility index (Phi) is 7.49. The van der Waals surface area contributed by atoms with Gasteiger partial charge in [-0.25, -0.2) is 0 Å². The number of rotatable bonds is 7. The number of ether oxygens (including phenoxy) is 2. The Hall–Kier alpha value is -1.84. The van der Waals surface area contributed by atoms with E-state index in [1.165, 1.54) is 14.2 Å². The Labute approximate surface area is 114 Å². The molecule has 0 heterocycles. The Morgan fingerprint density at radius 1 is 1.11 bits per heavy atom. The van der Waals surface area contributed by atoms with Gasteiger partial charge < -0.3 is 9.47 Å². The molecule has 0 fully saturated rings. The van der Waals surface area contributed by atoms with Crippen molar-refractivity contribution in [3.8, 4) is 0 Å². The quantitative estimate of drug-likeness (QED) is 0.308. The monoisotopic (exact) mass is 266 g/mol. The first-order chi connectivity index (χ1) is 8.94. The third-order valence-electron chi connectivity index (χ3n) is 2.75. The second kappa shape index (κ2) is 8.29. The molecule has 0 atom stereocenters. The first kappa shape index (κ1) is 17.2. The Morgan fingerprint density at radius 3 is 2.00 bits per heavy atom. The molecule has 0 N–H and O–H groups in total. The summed E-state index contributed by atoms with van der Waals surface area (Å²) in [6.07, 6.45) is 7.26. The number of hydrogen-bond donors (Lipinski definition) is 0. The summed E-state index contributed by atoms with van der Waals surface area (Å²) in [6, 6.07) is 0. The van der Waals surface area contributed by atoms with Gasteiger partial charge in [-0.1, -0.05) is 36.5 Å². The minimum absolute atomic E-state index is 0.210. The van der Waals surface area contributed by atoms with E-state index in [-0.39, 0.29) is 12.8 Å². The van der Waals surface area contributed by atoms with E-state index in [0.717, 1.165) is 5.57 Å². The fourth-order valence-corrected chi connectivity index (χ4v) is 1.63. The van der Waals surface area contributed by atoms with Crippen LogP contribution in [-0.4, -0.2) is 26.2 Å². The molecule has 0 rings (SSSR count). The molecule has 0 bridgehead atoms. The van der Waals surface area contributed by atoms with Crippen LogP contribution in [0.2, 0.25) is 0 Å². The highest BCUT2D eigenvalue weighted by Crippen LogP contribution is 2.32. The Balaban J connectivity index is 5.49. The molecule has 0 radical (unpaired) electrons. The maximum atomic E-state index is 12.0. The van der Waals surface area contributed by atoms with Crippen molar-refractivity contribution < 1.29 is 19.1 Å². The highest BCUT2D eigenvalue weighted by atomic mass is 16.5. The number of methoxy groups -OCH3 is 2. The van der Waals surface area contributed by atoms with Crippen LogP contribution in [0.25, 0.3) is 0 Å². The molecule has 106 valence electrons. The fraction of sp³-hybridized carbons (Fsp3) is 0.467. The summed E-state index contributed by atoms with van der Waals surface area (Å²) >= 11 is 0. The van der Waals surface area contributed by atoms with Crippen molar-refractivity contribution in [1.82, 2.24) is 0 Å². The molecule has 0 unspecified atom stereocenters. The minimum atomic E-state index is -1.33. The van der Waals surface area contributed by atoms with Crippen LogP contribution in [0.5, 0.6) is 0 Å². The summed E-state index contributed by atoms with van der Waals surface area (Å²) in [5.41, 5.74) is -0.315. The normalized spacial score (nSPS) is 10.9. The molecule has 0 aromatic heterocycles. The second-order valence-corrected chi connectivity index (χ2v) is 4.42. The lowest BCUT2D eigenvalue weighted by Crippen LogP contribution is -2.40. The molecule has 4 heteroatoms. The third-order valence-corrected chi connectivity index (χ3v) is 2.75. The molecular formula is C15H22O4. The number of esters is 2. The number of carbonyl (C=O) groups is 2. The first-order valence-corrected chi connectivity index (χ1v) is 6.02. The summed E-state index contributed by atoms with van der Waals surface area (Å²) in [7, 11) is 2.53. The van der Waals surface area contributed by atoms with Crippen molar-refractivity contribution in [1.29, 1.82) is 0 Å². The Morgan fingerprint density at radius 2 is 1.63 bits per heavy atom. The van der Waals surface area contributed by atoms with Crippen molar-refractivity contribution in [3.63, 3.8) is 0 Å². The standard InChI is InChI=1S/C15H22O4/c1-6-7-8-10-15(13(16)18-4,14(17)19-5)11-9-12(2)3/h6-9H,1,10-11H2,2-5H3/b8-7+. The van der Waals surface area contributed by atoms with E-state index in [4.69, 9.17) is 9.47 Å². The van der Waals surface area contributed by atoms with E-state index in [1.807, 2.05) is 19.9 Å². The molecule has 0 aliphatic heterocycles. The molecule has 0 aliphatic carbocycles. The van der Waals surface area contributed by atoms with Gasteiger partial charge in [-0.15, -0.1) is 0 Å². The van der Waals surface area contributed by atoms with E-state index >= 15 is 0 Å². The van der Waals surface area contributed by atoms with Crippen LogP contribution >= 0.6 is 0 Å². The van der Waals surface area contributed by atoms with Crippen LogP contribution in [0.15, 0.2) is 36.5 Å². The molecule has 0 spiro atoms. The molecule has 0 saturated heterocycles. The van der Waals surface area contributed by atoms with E-state index in [0.29, 0.717) is 0 Å². The summed E-state index contributed by atoms with van der Waals surface area (Å²) in [5.74, 6) is -1.18. The lowest BCUT2D eigenvalue weighted by atomic mass is 9.80. The zero-order valence-corrected chi connectivity index (χ0v) is 12.1. The van der Waals surface area contributed by atoms with Gasteiger partial charge in [-0.2, -0.15) is 0 Å². The topological polar surface area (TPSA) is 52.6 Å². The van der Waals surface area contributed by atoms with Gasteiger partial charge in [-0.3, -0.25) is 9.59 Å². The summed E-state index contributed by atoms with van der Waals surface area (Å²) < 4.78 is 9.55. The summed E-state index contributed by atoms with van der Waals surface area (Å²) in [4.78, 5) is 24.1. The summed E-state index contributed by atoms with van der Waals surface area (Å²) in [5, 5.41) is 0. The van der Waals surface area contributed by atoms with E-state index in [1.54, 1.807) is 18.2 Å². The highest BCUT2D eigenvalue weighted by Gasteiger charge is 2.46. The van der Waals surface area contributed by atoms with Crippen molar-refractivity contribution in [2.24, 2.45) is 5.41 Å². The van der Waals surface area contributed by atoms with Crippen molar-refractivity contribution in [3.05, 3.63) is 36.5 Å². The first-order valence-electron chi connectivity index (χ1n) is 6.02. The van der Waals surface area contributed by atoms with Gasteiger partial charge in [0.2, 0.25) is 0 Å². The second-order valence-electron chi connectivity index (χ2n) is 4.42. The van der Waals surface area contributed by atoms with E-state index in [9.17, 15) is 9.59 Å². The summed E-state index contributed by atoms with van der Waals surface area (Å²) in [6.45, 7) is 7.36. The van der Waals surface area contributed by atoms with Gasteiger partial charge in [0.15, 0.2) is 5.41 Å². The molecule has 4 nitrogen and oxygen atoms in total. The van der Waals surface area contributed by atoms with Crippen LogP contribution in [-0.2, 0) is 19.1 Å². The molecular weight excluding hydrogens is 244 g/mol. The minimum Gasteiger partial charge on any atom is -0.468 e. The van der Waals surface area contributed by atoms with Crippen LogP contribution in [0.1, 0.15) is 26.7 Å². The number of allylic oxidation sites excluding steroid dienone is 5. The van der Waals surface area contributed by atoms with Crippen LogP contribution in [0.4, 0.5) is 0 Å². The smallest absolute Gasteiger partial charge is 0.323 e. The molecule has 0 aromatic rings. The average molecular weight is 266 g/mol. The van der Waals surface area contributed by atoms with Crippen LogP contribution in [0, 0.1) is 5.41 Å². The lowest BCUT2D eigenvalue weighted by molar-refractivity contribution is -0.168. The number of hydrogen-bond acceptors (Lipinski definition) is 4. The largest absolute Gasteiger partial charge is 0.468 e. The van der Waals surface area contributed by atoms with Gasteiger partial charge in [-0.05, 0) is 26.7 Å². The van der Waals surface area contributed by atoms with E-state index in [2.05, 4.69) is 6.58 Å². The van der Waals surface area contributed by atoms with Gasteiger partial charge in [0.1, 0.15) is 0 Å². The molecule has 0 aliphatic rings. The van der Waals surface area contributed by atoms with Crippen LogP contribution < -0.4 is 0 Å².